The van der Waals surface area contributed by atoms with Gasteiger partial charge in [0, 0.05) is 5.56 Å². The van der Waals surface area contributed by atoms with Crippen LogP contribution in [-0.4, -0.2) is 25.6 Å². The van der Waals surface area contributed by atoms with Gasteiger partial charge in [-0.1, -0.05) is 18.2 Å². The van der Waals surface area contributed by atoms with Crippen molar-refractivity contribution >= 4 is 17.9 Å². The van der Waals surface area contributed by atoms with Crippen LogP contribution in [0.3, 0.4) is 0 Å². The Bertz CT molecular complexity index is 806. The predicted octanol–water partition coefficient (Wildman–Crippen LogP) is 3.44. The van der Waals surface area contributed by atoms with Crippen LogP contribution >= 0.6 is 0 Å². The van der Waals surface area contributed by atoms with Crippen molar-refractivity contribution in [3.05, 3.63) is 65.4 Å². The van der Waals surface area contributed by atoms with Gasteiger partial charge in [-0.2, -0.15) is 0 Å². The number of hydrogen-bond donors (Lipinski definition) is 0. The molecule has 0 aromatic heterocycles. The molecule has 1 aliphatic heterocycles. The first-order chi connectivity index (χ1) is 11.7. The van der Waals surface area contributed by atoms with Crippen LogP contribution in [0.5, 0.6) is 11.5 Å². The van der Waals surface area contributed by atoms with E-state index in [-0.39, 0.29) is 11.6 Å². The molecule has 1 heterocycles. The third kappa shape index (κ3) is 3.46. The van der Waals surface area contributed by atoms with Crippen molar-refractivity contribution in [3.8, 4) is 11.5 Å². The van der Waals surface area contributed by atoms with E-state index in [4.69, 9.17) is 14.2 Å². The maximum Gasteiger partial charge on any atom is 0.363 e. The van der Waals surface area contributed by atoms with Crippen molar-refractivity contribution in [2.24, 2.45) is 4.99 Å². The highest BCUT2D eigenvalue weighted by Gasteiger charge is 2.24. The highest BCUT2D eigenvalue weighted by Crippen LogP contribution is 2.22. The van der Waals surface area contributed by atoms with Crippen LogP contribution in [0.25, 0.3) is 6.08 Å². The van der Waals surface area contributed by atoms with Gasteiger partial charge in [0.1, 0.15) is 11.5 Å². The van der Waals surface area contributed by atoms with Gasteiger partial charge in [0.15, 0.2) is 5.70 Å². The normalized spacial score (nSPS) is 15.2. The van der Waals surface area contributed by atoms with Gasteiger partial charge < -0.3 is 14.2 Å². The summed E-state index contributed by atoms with van der Waals surface area (Å²) in [5, 5.41) is 0. The number of nitrogens with zero attached hydrogens (tertiary/aromatic N) is 1. The summed E-state index contributed by atoms with van der Waals surface area (Å²) >= 11 is 0. The lowest BCUT2D eigenvalue weighted by Crippen LogP contribution is -2.05. The van der Waals surface area contributed by atoms with Gasteiger partial charge in [-0.3, -0.25) is 0 Å². The van der Waals surface area contributed by atoms with Gasteiger partial charge in [-0.15, -0.1) is 0 Å². The van der Waals surface area contributed by atoms with Crippen molar-refractivity contribution in [2.45, 2.75) is 6.92 Å². The van der Waals surface area contributed by atoms with E-state index < -0.39 is 5.97 Å². The Kier molecular flexibility index (Phi) is 4.61. The molecule has 3 rings (SSSR count). The van der Waals surface area contributed by atoms with Crippen LogP contribution in [0, 0.1) is 0 Å². The maximum absolute atomic E-state index is 12.0. The molecule has 0 aliphatic carbocycles. The summed E-state index contributed by atoms with van der Waals surface area (Å²) < 4.78 is 15.8. The third-order valence-corrected chi connectivity index (χ3v) is 3.43. The number of esters is 1. The average Bonchev–Trinajstić information content (AvgIpc) is 2.98. The lowest BCUT2D eigenvalue weighted by atomic mass is 10.2. The lowest BCUT2D eigenvalue weighted by Gasteiger charge is -2.02. The van der Waals surface area contributed by atoms with E-state index in [1.54, 1.807) is 19.3 Å². The summed E-state index contributed by atoms with van der Waals surface area (Å²) in [6, 6.07) is 14.6. The van der Waals surface area contributed by atoms with Crippen LogP contribution in [-0.2, 0) is 9.53 Å². The molecule has 0 saturated heterocycles. The number of rotatable bonds is 5. The second kappa shape index (κ2) is 7.00. The van der Waals surface area contributed by atoms with E-state index in [1.165, 1.54) is 0 Å². The van der Waals surface area contributed by atoms with E-state index in [2.05, 4.69) is 4.99 Å². The molecule has 0 N–H and O–H groups in total. The predicted molar refractivity (Wildman–Crippen MR) is 91.2 cm³/mol. The van der Waals surface area contributed by atoms with E-state index in [0.717, 1.165) is 11.3 Å². The monoisotopic (exact) mass is 323 g/mol. The number of methoxy groups -OCH3 is 1. The van der Waals surface area contributed by atoms with Gasteiger partial charge >= 0.3 is 5.97 Å². The van der Waals surface area contributed by atoms with E-state index in [9.17, 15) is 4.79 Å². The number of benzene rings is 2. The molecule has 0 unspecified atom stereocenters. The number of carbonyl (C=O) groups is 1. The first-order valence-electron chi connectivity index (χ1n) is 7.59. The van der Waals surface area contributed by atoms with E-state index >= 15 is 0 Å². The molecule has 24 heavy (non-hydrogen) atoms. The summed E-state index contributed by atoms with van der Waals surface area (Å²) in [4.78, 5) is 16.3. The molecule has 5 heteroatoms. The van der Waals surface area contributed by atoms with Crippen LogP contribution in [0.2, 0.25) is 0 Å². The Labute approximate surface area is 140 Å². The molecule has 2 aromatic rings. The standard InChI is InChI=1S/C19H17NO4/c1-3-23-15-9-7-13(8-10-15)11-17-19(21)24-18(20-17)14-5-4-6-16(12-14)22-2/h4-12H,3H2,1-2H3/b17-11+. The molecule has 5 nitrogen and oxygen atoms in total. The molecule has 0 saturated carbocycles. The Balaban J connectivity index is 1.85. The minimum atomic E-state index is -0.471. The van der Waals surface area contributed by atoms with E-state index in [0.29, 0.717) is 17.9 Å². The maximum atomic E-state index is 12.0. The van der Waals surface area contributed by atoms with Crippen LogP contribution in [0.4, 0.5) is 0 Å². The van der Waals surface area contributed by atoms with Crippen molar-refractivity contribution in [1.29, 1.82) is 0 Å². The van der Waals surface area contributed by atoms with Crippen molar-refractivity contribution in [3.63, 3.8) is 0 Å². The minimum absolute atomic E-state index is 0.261. The number of aliphatic imine (C=N–C) groups is 1. The molecule has 0 atom stereocenters. The first-order valence-corrected chi connectivity index (χ1v) is 7.59. The molecule has 1 aliphatic rings. The zero-order chi connectivity index (χ0) is 16.9. The summed E-state index contributed by atoms with van der Waals surface area (Å²) in [6.45, 7) is 2.54. The topological polar surface area (TPSA) is 57.1 Å². The summed E-state index contributed by atoms with van der Waals surface area (Å²) in [7, 11) is 1.58. The molecular formula is C19H17NO4. The number of carbonyl (C=O) groups excluding carboxylic acids is 1. The highest BCUT2D eigenvalue weighted by molar-refractivity contribution is 6.12. The summed E-state index contributed by atoms with van der Waals surface area (Å²) in [6.07, 6.45) is 1.69. The highest BCUT2D eigenvalue weighted by atomic mass is 16.6. The number of hydrogen-bond acceptors (Lipinski definition) is 5. The Hall–Kier alpha value is -3.08. The fraction of sp³-hybridized carbons (Fsp3) is 0.158. The summed E-state index contributed by atoms with van der Waals surface area (Å²) in [5.41, 5.74) is 1.80. The van der Waals surface area contributed by atoms with Gasteiger partial charge in [-0.25, -0.2) is 9.79 Å². The number of cyclic esters (lactones) is 1. The Morgan fingerprint density at radius 3 is 2.62 bits per heavy atom. The van der Waals surface area contributed by atoms with Crippen LogP contribution in [0.15, 0.2) is 59.2 Å². The van der Waals surface area contributed by atoms with Crippen LogP contribution in [0.1, 0.15) is 18.1 Å². The molecule has 2 aromatic carbocycles. The SMILES string of the molecule is CCOc1ccc(/C=C2/N=C(c3cccc(OC)c3)OC2=O)cc1. The molecule has 0 bridgehead atoms. The van der Waals surface area contributed by atoms with Crippen molar-refractivity contribution < 1.29 is 19.0 Å². The van der Waals surface area contributed by atoms with Crippen molar-refractivity contribution in [2.75, 3.05) is 13.7 Å². The number of ether oxygens (including phenoxy) is 3. The zero-order valence-corrected chi connectivity index (χ0v) is 13.5. The third-order valence-electron chi connectivity index (χ3n) is 3.43. The van der Waals surface area contributed by atoms with Crippen molar-refractivity contribution in [1.82, 2.24) is 0 Å². The quantitative estimate of drug-likeness (QED) is 0.625. The lowest BCUT2D eigenvalue weighted by molar-refractivity contribution is -0.129. The second-order valence-corrected chi connectivity index (χ2v) is 5.07. The van der Waals surface area contributed by atoms with E-state index in [1.807, 2.05) is 49.4 Å². The largest absolute Gasteiger partial charge is 0.497 e. The van der Waals surface area contributed by atoms with Gasteiger partial charge in [0.2, 0.25) is 5.90 Å². The minimum Gasteiger partial charge on any atom is -0.497 e. The molecular weight excluding hydrogens is 306 g/mol. The molecule has 0 amide bonds. The fourth-order valence-corrected chi connectivity index (χ4v) is 2.27. The van der Waals surface area contributed by atoms with Crippen LogP contribution < -0.4 is 9.47 Å². The fourth-order valence-electron chi connectivity index (χ4n) is 2.27. The summed E-state index contributed by atoms with van der Waals surface area (Å²) in [5.74, 6) is 1.27. The Morgan fingerprint density at radius 1 is 1.12 bits per heavy atom. The smallest absolute Gasteiger partial charge is 0.363 e. The van der Waals surface area contributed by atoms with Gasteiger partial charge in [0.25, 0.3) is 0 Å². The molecule has 0 spiro atoms. The second-order valence-electron chi connectivity index (χ2n) is 5.07. The Morgan fingerprint density at radius 2 is 1.92 bits per heavy atom. The average molecular weight is 323 g/mol. The first kappa shape index (κ1) is 15.8. The van der Waals surface area contributed by atoms with Gasteiger partial charge in [-0.05, 0) is 48.9 Å². The molecule has 0 fully saturated rings. The van der Waals surface area contributed by atoms with Gasteiger partial charge in [0.05, 0.1) is 13.7 Å². The zero-order valence-electron chi connectivity index (χ0n) is 13.5. The molecule has 0 radical (unpaired) electrons. The molecule has 122 valence electrons.